The molecule has 11 heavy (non-hydrogen) atoms. The zero-order valence-electron chi connectivity index (χ0n) is 8.42. The third kappa shape index (κ3) is 10.2. The third-order valence-electron chi connectivity index (χ3n) is 0.682. The van der Waals surface area contributed by atoms with E-state index in [1.165, 1.54) is 7.05 Å². The minimum absolute atomic E-state index is 0. The first-order valence-corrected chi connectivity index (χ1v) is 2.51. The standard InChI is InChI=1S/C4H10N4O2.K/c1-6-4(10)8-2-7-3(5)9;/h2H2,1H3,(H5,5,6,7,8,9,10);/q;+1/p-1/i/hD2. The number of carbonyl (C=O) groups is 2. The van der Waals surface area contributed by atoms with E-state index in [9.17, 15) is 9.59 Å². The van der Waals surface area contributed by atoms with Crippen molar-refractivity contribution in [1.29, 1.82) is 0 Å². The van der Waals surface area contributed by atoms with Gasteiger partial charge in [-0.05, 0) is 0 Å². The van der Waals surface area contributed by atoms with Crippen molar-refractivity contribution in [3.05, 3.63) is 5.73 Å². The molecule has 0 aromatic heterocycles. The fraction of sp³-hybridized carbons (Fsp3) is 0.500. The Morgan fingerprint density at radius 3 is 2.73 bits per heavy atom. The van der Waals surface area contributed by atoms with Crippen LogP contribution in [0.25, 0.3) is 5.73 Å². The van der Waals surface area contributed by atoms with Gasteiger partial charge in [0.25, 0.3) is 0 Å². The van der Waals surface area contributed by atoms with Crippen LogP contribution in [0.4, 0.5) is 9.59 Å². The van der Waals surface area contributed by atoms with E-state index in [2.05, 4.69) is 16.4 Å². The predicted molar refractivity (Wildman–Crippen MR) is 35.3 cm³/mol. The van der Waals surface area contributed by atoms with Gasteiger partial charge in [0.05, 0.1) is 0 Å². The van der Waals surface area contributed by atoms with Crippen LogP contribution >= 0.6 is 0 Å². The van der Waals surface area contributed by atoms with Gasteiger partial charge < -0.3 is 21.7 Å². The summed E-state index contributed by atoms with van der Waals surface area (Å²) in [4.78, 5) is 20.9. The molecule has 0 aliphatic rings. The van der Waals surface area contributed by atoms with Crippen molar-refractivity contribution in [2.45, 2.75) is 0 Å². The molecule has 0 saturated heterocycles. The molecule has 0 aromatic carbocycles. The summed E-state index contributed by atoms with van der Waals surface area (Å²) in [7, 11) is 1.24. The Balaban J connectivity index is 0. The van der Waals surface area contributed by atoms with E-state index in [1.807, 2.05) is 0 Å². The number of carbonyl (C=O) groups excluding carboxylic acids is 2. The summed E-state index contributed by atoms with van der Waals surface area (Å²) in [6, 6.07) is -1.50. The summed E-state index contributed by atoms with van der Waals surface area (Å²) >= 11 is 0. The molecular weight excluding hydrogens is 175 g/mol. The summed E-state index contributed by atoms with van der Waals surface area (Å²) in [5, 5.41) is 4.83. The Kier molecular flexibility index (Phi) is 6.97. The van der Waals surface area contributed by atoms with Crippen molar-refractivity contribution in [1.82, 2.24) is 15.9 Å². The Hall–Kier alpha value is 0.176. The molecule has 0 aliphatic heterocycles. The maximum absolute atomic E-state index is 10.6. The second kappa shape index (κ2) is 8.27. The largest absolute Gasteiger partial charge is 1.00 e. The van der Waals surface area contributed by atoms with Gasteiger partial charge in [-0.3, -0.25) is 4.79 Å². The van der Waals surface area contributed by atoms with E-state index in [4.69, 9.17) is 2.82 Å². The second-order valence-corrected chi connectivity index (χ2v) is 1.36. The van der Waals surface area contributed by atoms with Gasteiger partial charge in [0, 0.05) is 15.1 Å². The molecule has 0 aliphatic carbocycles. The molecule has 0 atom stereocenters. The van der Waals surface area contributed by atoms with Gasteiger partial charge in [0.1, 0.15) is 0 Å². The summed E-state index contributed by atoms with van der Waals surface area (Å²) < 4.78 is 13.0. The fourth-order valence-electron chi connectivity index (χ4n) is 0.274. The van der Waals surface area contributed by atoms with Crippen molar-refractivity contribution in [3.63, 3.8) is 0 Å². The Bertz CT molecular complexity index is 180. The van der Waals surface area contributed by atoms with E-state index in [1.54, 1.807) is 0 Å². The first-order valence-electron chi connectivity index (χ1n) is 3.40. The van der Waals surface area contributed by atoms with Crippen LogP contribution in [-0.2, 0) is 0 Å². The van der Waals surface area contributed by atoms with E-state index in [0.717, 1.165) is 0 Å². The van der Waals surface area contributed by atoms with Crippen LogP contribution in [0.15, 0.2) is 0 Å². The molecule has 4 amide bonds. The van der Waals surface area contributed by atoms with Gasteiger partial charge >= 0.3 is 57.4 Å². The maximum atomic E-state index is 10.6. The molecule has 0 aromatic rings. The average Bonchev–Trinajstić information content (AvgIpc) is 2.03. The smallest absolute Gasteiger partial charge is 0.447 e. The van der Waals surface area contributed by atoms with Crippen LogP contribution in [0.3, 0.4) is 0 Å². The summed E-state index contributed by atoms with van der Waals surface area (Å²) in [6.07, 6.45) is 0. The van der Waals surface area contributed by atoms with Gasteiger partial charge in [0.2, 0.25) is 0 Å². The Labute approximate surface area is 110 Å². The number of nitrogens with one attached hydrogen (secondary N) is 4. The topological polar surface area (TPSA) is 94.0 Å². The van der Waals surface area contributed by atoms with Crippen molar-refractivity contribution in [3.8, 4) is 0 Å². The van der Waals surface area contributed by atoms with E-state index in [0.29, 0.717) is 5.31 Å². The van der Waals surface area contributed by atoms with Crippen LogP contribution in [0.2, 0.25) is 2.82 Å². The number of urea groups is 2. The quantitative estimate of drug-likeness (QED) is 0.310. The van der Waals surface area contributed by atoms with Gasteiger partial charge in [-0.1, -0.05) is 0 Å². The van der Waals surface area contributed by atoms with E-state index < -0.39 is 12.1 Å². The molecule has 0 fully saturated rings. The minimum Gasteiger partial charge on any atom is -0.447 e. The van der Waals surface area contributed by atoms with Gasteiger partial charge in [-0.25, -0.2) is 4.79 Å². The molecule has 0 saturated carbocycles. The number of amides is 4. The normalized spacial score (nSPS) is 9.55. The Morgan fingerprint density at radius 1 is 1.64 bits per heavy atom. The number of rotatable bonds is 2. The maximum Gasteiger partial charge on any atom is 1.00 e. The minimum atomic E-state index is -0.845. The summed E-state index contributed by atoms with van der Waals surface area (Å²) in [5.74, 6) is 0. The monoisotopic (exact) mass is 186 g/mol. The summed E-state index contributed by atoms with van der Waals surface area (Å²) in [5.41, 5.74) is 2.52. The molecule has 0 bridgehead atoms. The van der Waals surface area contributed by atoms with Gasteiger partial charge in [-0.2, -0.15) is 0 Å². The van der Waals surface area contributed by atoms with Crippen molar-refractivity contribution >= 4 is 12.1 Å². The second-order valence-electron chi connectivity index (χ2n) is 1.36. The summed E-state index contributed by atoms with van der Waals surface area (Å²) in [6.45, 7) is -0.150. The number of hydrogen-bond acceptors (Lipinski definition) is 2. The van der Waals surface area contributed by atoms with E-state index in [-0.39, 0.29) is 58.1 Å². The molecular formula is C4H9KN4O2. The van der Waals surface area contributed by atoms with Crippen LogP contribution in [0.1, 0.15) is 0 Å². The third-order valence-corrected chi connectivity index (χ3v) is 0.682. The first kappa shape index (κ1) is 9.27. The molecule has 0 rings (SSSR count). The molecule has 6 nitrogen and oxygen atoms in total. The van der Waals surface area contributed by atoms with E-state index >= 15 is 0 Å². The predicted octanol–water partition coefficient (Wildman–Crippen LogP) is -3.36. The van der Waals surface area contributed by atoms with Gasteiger partial charge in [-0.15, -0.1) is 0 Å². The van der Waals surface area contributed by atoms with Crippen LogP contribution < -0.4 is 67.3 Å². The molecule has 7 heteroatoms. The van der Waals surface area contributed by atoms with Crippen molar-refractivity contribution < 1.29 is 63.8 Å². The van der Waals surface area contributed by atoms with Crippen molar-refractivity contribution in [2.75, 3.05) is 13.7 Å². The van der Waals surface area contributed by atoms with Crippen LogP contribution in [0.5, 0.6) is 0 Å². The van der Waals surface area contributed by atoms with Crippen molar-refractivity contribution in [2.24, 2.45) is 0 Å². The zero-order chi connectivity index (χ0) is 9.56. The van der Waals surface area contributed by atoms with Gasteiger partial charge in [0.15, 0.2) is 7.44 Å². The van der Waals surface area contributed by atoms with Crippen LogP contribution in [-0.4, -0.2) is 25.8 Å². The fourth-order valence-corrected chi connectivity index (χ4v) is 0.274. The number of hydrogen-bond donors (Lipinski definition) is 3. The molecule has 4 N–H and O–H groups in total. The molecule has 0 radical (unpaired) electrons. The Morgan fingerprint density at radius 2 is 2.27 bits per heavy atom. The molecule has 0 heterocycles. The zero-order valence-corrected chi connectivity index (χ0v) is 9.54. The SMILES string of the molecule is [2H][N-]C(=O)NCNC(=O)N([2H])C.[K+]. The van der Waals surface area contributed by atoms with Crippen LogP contribution in [0, 0.1) is 0 Å². The molecule has 58 valence electrons. The first-order chi connectivity index (χ1) is 5.57. The average molecular weight is 186 g/mol. The molecule has 0 unspecified atom stereocenters. The molecule has 0 spiro atoms.